The summed E-state index contributed by atoms with van der Waals surface area (Å²) in [6.07, 6.45) is 2.96. The Balaban J connectivity index is 0.823. The summed E-state index contributed by atoms with van der Waals surface area (Å²) in [5.41, 5.74) is 4.16. The van der Waals surface area contributed by atoms with Crippen molar-refractivity contribution in [2.24, 2.45) is 22.7 Å². The van der Waals surface area contributed by atoms with Crippen LogP contribution in [0.5, 0.6) is 0 Å². The van der Waals surface area contributed by atoms with E-state index in [1.165, 1.54) is 0 Å². The van der Waals surface area contributed by atoms with Gasteiger partial charge >= 0.3 is 0 Å². The molecule has 3 aromatic rings. The lowest BCUT2D eigenvalue weighted by Gasteiger charge is -2.35. The first-order chi connectivity index (χ1) is 37.2. The van der Waals surface area contributed by atoms with Crippen LogP contribution in [0.3, 0.4) is 0 Å². The number of amides is 8. The maximum atomic E-state index is 14.7. The van der Waals surface area contributed by atoms with E-state index in [1.807, 2.05) is 100 Å². The Kier molecular flexibility index (Phi) is 17.0. The van der Waals surface area contributed by atoms with Crippen molar-refractivity contribution in [3.8, 4) is 0 Å². The van der Waals surface area contributed by atoms with Gasteiger partial charge in [0.1, 0.15) is 24.2 Å². The van der Waals surface area contributed by atoms with E-state index in [4.69, 9.17) is 0 Å². The highest BCUT2D eigenvalue weighted by Gasteiger charge is 2.57. The van der Waals surface area contributed by atoms with Crippen LogP contribution in [0.25, 0.3) is 0 Å². The summed E-state index contributed by atoms with van der Waals surface area (Å²) in [7, 11) is 3.37. The highest BCUT2D eigenvalue weighted by Crippen LogP contribution is 2.49. The zero-order chi connectivity index (χ0) is 55.8. The molecule has 6 aliphatic rings. The minimum atomic E-state index is -0.822. The van der Waals surface area contributed by atoms with E-state index in [0.29, 0.717) is 50.0 Å². The molecule has 4 heterocycles. The van der Waals surface area contributed by atoms with E-state index >= 15 is 0 Å². The molecule has 418 valence electrons. The normalized spacial score (nSPS) is 28.4. The van der Waals surface area contributed by atoms with Gasteiger partial charge in [-0.25, -0.2) is 0 Å². The second kappa shape index (κ2) is 23.4. The molecule has 4 fully saturated rings. The number of likely N-dealkylation sites (N-methyl/N-ethyl adjacent to an activating group) is 2. The van der Waals surface area contributed by atoms with Crippen LogP contribution >= 0.6 is 23.5 Å². The Bertz CT molecular complexity index is 2630. The summed E-state index contributed by atoms with van der Waals surface area (Å²) in [5.74, 6) is -2.14. The summed E-state index contributed by atoms with van der Waals surface area (Å²) < 4.78 is 0. The summed E-state index contributed by atoms with van der Waals surface area (Å²) in [4.78, 5) is 115. The van der Waals surface area contributed by atoms with Crippen LogP contribution in [0.2, 0.25) is 0 Å². The van der Waals surface area contributed by atoms with Gasteiger partial charge in [0.2, 0.25) is 47.3 Å². The molecule has 0 radical (unpaired) electrons. The lowest BCUT2D eigenvalue weighted by molar-refractivity contribution is -0.144. The van der Waals surface area contributed by atoms with Gasteiger partial charge in [0.25, 0.3) is 0 Å². The molecule has 0 saturated carbocycles. The Labute approximate surface area is 466 Å². The number of nitrogens with one attached hydrogen (secondary N) is 8. The van der Waals surface area contributed by atoms with Crippen LogP contribution in [-0.4, -0.2) is 130 Å². The molecular formula is C58H76N10O8S2. The summed E-state index contributed by atoms with van der Waals surface area (Å²) in [5, 5.41) is 23.9. The van der Waals surface area contributed by atoms with Gasteiger partial charge in [-0.15, -0.1) is 23.5 Å². The van der Waals surface area contributed by atoms with Crippen molar-refractivity contribution in [2.45, 2.75) is 152 Å². The number of hydrogen-bond donors (Lipinski definition) is 8. The summed E-state index contributed by atoms with van der Waals surface area (Å²) >= 11 is 3.26. The number of nitrogens with zero attached hydrogens (tertiary/aromatic N) is 2. The monoisotopic (exact) mass is 1100 g/mol. The molecule has 18 nitrogen and oxygen atoms in total. The van der Waals surface area contributed by atoms with Gasteiger partial charge in [0.05, 0.1) is 46.8 Å². The summed E-state index contributed by atoms with van der Waals surface area (Å²) in [6, 6.07) is 17.6. The van der Waals surface area contributed by atoms with Crippen molar-refractivity contribution in [2.75, 3.05) is 25.6 Å². The summed E-state index contributed by atoms with van der Waals surface area (Å²) in [6.45, 7) is 11.9. The molecule has 0 spiro atoms. The number of rotatable bonds is 16. The molecule has 9 rings (SSSR count). The molecule has 78 heavy (non-hydrogen) atoms. The molecule has 3 aromatic carbocycles. The topological polar surface area (TPSA) is 239 Å². The SMILES string of the molecule is CN[C@@H](C)C(=O)N[C@H]1CCS[C@H]2CC(C)(C)[C@@H](C(=O)NC3c4ccccc4C[C@H]3C(=O)NCc3ccc(CNC(=O)[C@@H]4Cc5ccccc5C4NC(=O)[C@H]4N5C(=O)[C@@H](NC(=O)[C@H](C)NC)CCS[C@H]5CC4(C)C)cc3)N2C1=O. The van der Waals surface area contributed by atoms with E-state index in [0.717, 1.165) is 33.4 Å². The number of fused-ring (bicyclic) bond motifs is 4. The van der Waals surface area contributed by atoms with Crippen molar-refractivity contribution in [1.29, 1.82) is 0 Å². The number of carbonyl (C=O) groups is 8. The van der Waals surface area contributed by atoms with E-state index in [1.54, 1.807) is 61.3 Å². The maximum absolute atomic E-state index is 14.7. The molecule has 4 saturated heterocycles. The van der Waals surface area contributed by atoms with Gasteiger partial charge in [-0.1, -0.05) is 100 Å². The molecule has 2 unspecified atom stereocenters. The van der Waals surface area contributed by atoms with Crippen LogP contribution < -0.4 is 42.5 Å². The Morgan fingerprint density at radius 3 is 1.29 bits per heavy atom. The number of carbonyl (C=O) groups excluding carboxylic acids is 8. The fourth-order valence-corrected chi connectivity index (χ4v) is 15.6. The largest absolute Gasteiger partial charge is 0.352 e. The standard InChI is InChI=1S/C58H76N10O8S2/c1-31(59-7)49(69)63-41-21-23-77-43-27-57(3,4)47(67(43)55(41)75)53(73)65-45-37-15-11-9-13-35(37)25-39(45)51(71)61-29-33-17-19-34(20-18-33)30-62-52(72)40-26-36-14-10-12-16-38(36)46(40)66-54(74)48-58(5,6)28-44-68(48)56(76)42(22-24-78-44)64-50(70)32(2)60-8/h9-20,31-32,39-48,59-60H,21-30H2,1-8H3,(H,61,71)(H,62,72)(H,63,69)(H,64,70)(H,65,73)(H,66,74)/t31-,32-,39+,40+,41-,42-,43-,44-,45?,46?,47+,48+/m0/s1. The smallest absolute Gasteiger partial charge is 0.246 e. The quantitative estimate of drug-likeness (QED) is 0.103. The van der Waals surface area contributed by atoms with Crippen LogP contribution in [0, 0.1) is 22.7 Å². The fraction of sp³-hybridized carbons (Fsp3) is 0.552. The zero-order valence-electron chi connectivity index (χ0n) is 45.9. The average molecular weight is 1110 g/mol. The lowest BCUT2D eigenvalue weighted by atomic mass is 9.83. The zero-order valence-corrected chi connectivity index (χ0v) is 47.5. The maximum Gasteiger partial charge on any atom is 0.246 e. The second-order valence-electron chi connectivity index (χ2n) is 23.3. The van der Waals surface area contributed by atoms with E-state index in [9.17, 15) is 38.4 Å². The van der Waals surface area contributed by atoms with Crippen molar-refractivity contribution < 1.29 is 38.4 Å². The fourth-order valence-electron chi connectivity index (χ4n) is 12.5. The van der Waals surface area contributed by atoms with Crippen molar-refractivity contribution in [3.63, 3.8) is 0 Å². The van der Waals surface area contributed by atoms with Crippen LogP contribution in [0.4, 0.5) is 0 Å². The Hall–Kier alpha value is -5.96. The van der Waals surface area contributed by atoms with E-state index < -0.39 is 71.0 Å². The predicted octanol–water partition coefficient (Wildman–Crippen LogP) is 3.34. The molecule has 2 aliphatic carbocycles. The Morgan fingerprint density at radius 1 is 0.551 bits per heavy atom. The lowest BCUT2D eigenvalue weighted by Crippen LogP contribution is -2.58. The minimum Gasteiger partial charge on any atom is -0.352 e. The number of benzene rings is 3. The second-order valence-corrected chi connectivity index (χ2v) is 25.9. The molecule has 0 aromatic heterocycles. The van der Waals surface area contributed by atoms with Crippen molar-refractivity contribution in [1.82, 2.24) is 52.3 Å². The van der Waals surface area contributed by atoms with Crippen LogP contribution in [0.1, 0.15) is 113 Å². The minimum absolute atomic E-state index is 0.223. The number of hydrogen-bond acceptors (Lipinski definition) is 12. The first-order valence-electron chi connectivity index (χ1n) is 27.4. The van der Waals surface area contributed by atoms with E-state index in [-0.39, 0.29) is 71.1 Å². The molecule has 4 aliphatic heterocycles. The highest BCUT2D eigenvalue weighted by atomic mass is 32.2. The molecule has 20 heteroatoms. The molecular weight excluding hydrogens is 1030 g/mol. The van der Waals surface area contributed by atoms with Crippen molar-refractivity contribution in [3.05, 3.63) is 106 Å². The van der Waals surface area contributed by atoms with Gasteiger partial charge in [-0.05, 0) is 122 Å². The first kappa shape index (κ1) is 56.7. The molecule has 8 amide bonds. The predicted molar refractivity (Wildman–Crippen MR) is 300 cm³/mol. The van der Waals surface area contributed by atoms with Crippen molar-refractivity contribution >= 4 is 70.8 Å². The Morgan fingerprint density at radius 2 is 0.923 bits per heavy atom. The third-order valence-electron chi connectivity index (χ3n) is 17.1. The van der Waals surface area contributed by atoms with Crippen LogP contribution in [-0.2, 0) is 64.3 Å². The third kappa shape index (κ3) is 11.5. The van der Waals surface area contributed by atoms with E-state index in [2.05, 4.69) is 42.5 Å². The molecule has 0 bridgehead atoms. The third-order valence-corrected chi connectivity index (χ3v) is 19.6. The average Bonchev–Trinajstić information content (AvgIpc) is 4.19. The van der Waals surface area contributed by atoms with Crippen LogP contribution in [0.15, 0.2) is 72.8 Å². The highest BCUT2D eigenvalue weighted by molar-refractivity contribution is 8.00. The van der Waals surface area contributed by atoms with Gasteiger partial charge < -0.3 is 52.3 Å². The molecule has 8 N–H and O–H groups in total. The van der Waals surface area contributed by atoms with Gasteiger partial charge in [-0.3, -0.25) is 38.4 Å². The van der Waals surface area contributed by atoms with Gasteiger partial charge in [0.15, 0.2) is 0 Å². The molecule has 12 atom stereocenters. The number of thioether (sulfide) groups is 2. The van der Waals surface area contributed by atoms with Gasteiger partial charge in [-0.2, -0.15) is 0 Å². The van der Waals surface area contributed by atoms with Gasteiger partial charge in [0, 0.05) is 13.1 Å². The first-order valence-corrected chi connectivity index (χ1v) is 29.5.